The van der Waals surface area contributed by atoms with Gasteiger partial charge in [0.2, 0.25) is 0 Å². The van der Waals surface area contributed by atoms with Crippen LogP contribution < -0.4 is 4.90 Å². The van der Waals surface area contributed by atoms with E-state index in [2.05, 4.69) is 25.0 Å². The Hall–Kier alpha value is -3.78. The van der Waals surface area contributed by atoms with Crippen molar-refractivity contribution >= 4 is 28.3 Å². The summed E-state index contributed by atoms with van der Waals surface area (Å²) in [5.74, 6) is 1.15. The number of benzene rings is 1. The maximum Gasteiger partial charge on any atom is 0.418 e. The zero-order valence-corrected chi connectivity index (χ0v) is 17.5. The van der Waals surface area contributed by atoms with E-state index in [9.17, 15) is 13.2 Å². The van der Waals surface area contributed by atoms with Gasteiger partial charge in [0.05, 0.1) is 22.7 Å². The molecule has 0 fully saturated rings. The molecule has 0 aliphatic heterocycles. The minimum atomic E-state index is -4.62. The molecule has 4 rings (SSSR count). The van der Waals surface area contributed by atoms with Crippen LogP contribution in [0.2, 0.25) is 5.02 Å². The van der Waals surface area contributed by atoms with Crippen molar-refractivity contribution in [2.75, 3.05) is 11.9 Å². The Morgan fingerprint density at radius 2 is 1.91 bits per heavy atom. The SMILES string of the molecule is C[C@@H](c1ncnn1-c1ccc(C#N)cn1)N(C)c1ncnc2c(C(F)(F)F)cc(Cl)cc12. The van der Waals surface area contributed by atoms with Crippen LogP contribution in [-0.4, -0.2) is 36.8 Å². The molecule has 0 aliphatic carbocycles. The summed E-state index contributed by atoms with van der Waals surface area (Å²) in [6, 6.07) is 6.99. The van der Waals surface area contributed by atoms with Gasteiger partial charge in [0.15, 0.2) is 11.6 Å². The Morgan fingerprint density at radius 1 is 1.12 bits per heavy atom. The number of hydrogen-bond donors (Lipinski definition) is 0. The minimum absolute atomic E-state index is 0.0770. The summed E-state index contributed by atoms with van der Waals surface area (Å²) in [7, 11) is 1.67. The average molecular weight is 459 g/mol. The maximum absolute atomic E-state index is 13.5. The first kappa shape index (κ1) is 21.5. The molecule has 1 atom stereocenters. The van der Waals surface area contributed by atoms with Crippen LogP contribution in [0.15, 0.2) is 43.1 Å². The third-order valence-electron chi connectivity index (χ3n) is 4.94. The summed E-state index contributed by atoms with van der Waals surface area (Å²) in [4.78, 5) is 18.2. The fourth-order valence-electron chi connectivity index (χ4n) is 3.26. The first-order valence-electron chi connectivity index (χ1n) is 9.21. The summed E-state index contributed by atoms with van der Waals surface area (Å²) in [6.07, 6.45) is -0.790. The lowest BCUT2D eigenvalue weighted by Gasteiger charge is -2.26. The van der Waals surface area contributed by atoms with E-state index in [4.69, 9.17) is 16.9 Å². The number of halogens is 4. The van der Waals surface area contributed by atoms with Crippen molar-refractivity contribution in [3.8, 4) is 11.9 Å². The molecule has 3 aromatic heterocycles. The molecule has 0 saturated heterocycles. The highest BCUT2D eigenvalue weighted by Crippen LogP contribution is 2.39. The van der Waals surface area contributed by atoms with Crippen molar-refractivity contribution in [2.45, 2.75) is 19.1 Å². The second kappa shape index (κ2) is 8.05. The van der Waals surface area contributed by atoms with Gasteiger partial charge in [-0.3, -0.25) is 0 Å². The van der Waals surface area contributed by atoms with E-state index in [-0.39, 0.29) is 21.7 Å². The molecular formula is C20H14ClF3N8. The summed E-state index contributed by atoms with van der Waals surface area (Å²) >= 11 is 5.98. The van der Waals surface area contributed by atoms with Gasteiger partial charge in [0.25, 0.3) is 0 Å². The van der Waals surface area contributed by atoms with Crippen molar-refractivity contribution in [1.29, 1.82) is 5.26 Å². The topological polar surface area (TPSA) is 96.4 Å². The Balaban J connectivity index is 1.78. The van der Waals surface area contributed by atoms with Crippen molar-refractivity contribution in [3.63, 3.8) is 0 Å². The Bertz CT molecular complexity index is 1330. The molecule has 3 heterocycles. The number of anilines is 1. The highest BCUT2D eigenvalue weighted by atomic mass is 35.5. The molecule has 0 unspecified atom stereocenters. The fraction of sp³-hybridized carbons (Fsp3) is 0.200. The van der Waals surface area contributed by atoms with Crippen molar-refractivity contribution in [1.82, 2.24) is 29.7 Å². The van der Waals surface area contributed by atoms with Crippen molar-refractivity contribution in [2.24, 2.45) is 0 Å². The van der Waals surface area contributed by atoms with Gasteiger partial charge in [-0.2, -0.15) is 28.2 Å². The lowest BCUT2D eigenvalue weighted by atomic mass is 10.1. The highest BCUT2D eigenvalue weighted by molar-refractivity contribution is 6.31. The highest BCUT2D eigenvalue weighted by Gasteiger charge is 2.35. The average Bonchev–Trinajstić information content (AvgIpc) is 3.26. The van der Waals surface area contributed by atoms with Gasteiger partial charge < -0.3 is 4.90 Å². The molecule has 0 amide bonds. The number of hydrogen-bond acceptors (Lipinski definition) is 7. The molecule has 0 spiro atoms. The van der Waals surface area contributed by atoms with Crippen molar-refractivity contribution < 1.29 is 13.2 Å². The lowest BCUT2D eigenvalue weighted by Crippen LogP contribution is -2.26. The standard InChI is InChI=1S/C20H14ClF3N8/c1-11(18-29-10-30-32(18)16-4-3-12(7-25)8-26-16)31(2)19-14-5-13(21)6-15(20(22,23)24)17(14)27-9-28-19/h3-6,8-11H,1-2H3/t11-/m0/s1. The predicted molar refractivity (Wildman–Crippen MR) is 110 cm³/mol. The number of rotatable bonds is 4. The quantitative estimate of drug-likeness (QED) is 0.448. The van der Waals surface area contributed by atoms with Gasteiger partial charge in [-0.25, -0.2) is 19.9 Å². The van der Waals surface area contributed by atoms with Crippen LogP contribution in [0, 0.1) is 11.3 Å². The Morgan fingerprint density at radius 3 is 2.56 bits per heavy atom. The molecule has 0 saturated carbocycles. The lowest BCUT2D eigenvalue weighted by molar-refractivity contribution is -0.136. The van der Waals surface area contributed by atoms with Gasteiger partial charge in [0.1, 0.15) is 24.5 Å². The van der Waals surface area contributed by atoms with E-state index >= 15 is 0 Å². The first-order valence-corrected chi connectivity index (χ1v) is 9.59. The zero-order chi connectivity index (χ0) is 23.0. The molecule has 4 aromatic rings. The molecule has 0 bridgehead atoms. The molecule has 1 aromatic carbocycles. The third-order valence-corrected chi connectivity index (χ3v) is 5.16. The largest absolute Gasteiger partial charge is 0.418 e. The monoisotopic (exact) mass is 458 g/mol. The maximum atomic E-state index is 13.5. The third kappa shape index (κ3) is 3.80. The molecule has 0 N–H and O–H groups in total. The number of nitriles is 1. The smallest absolute Gasteiger partial charge is 0.349 e. The number of fused-ring (bicyclic) bond motifs is 1. The zero-order valence-electron chi connectivity index (χ0n) is 16.7. The summed E-state index contributed by atoms with van der Waals surface area (Å²) in [5.41, 5.74) is -0.791. The van der Waals surface area contributed by atoms with E-state index in [0.717, 1.165) is 12.4 Å². The first-order chi connectivity index (χ1) is 15.2. The Kier molecular flexibility index (Phi) is 5.40. The van der Waals surface area contributed by atoms with Crippen LogP contribution in [0.3, 0.4) is 0 Å². The number of nitrogens with zero attached hydrogens (tertiary/aromatic N) is 8. The number of aromatic nitrogens is 6. The van der Waals surface area contributed by atoms with E-state index in [1.54, 1.807) is 31.0 Å². The molecule has 32 heavy (non-hydrogen) atoms. The summed E-state index contributed by atoms with van der Waals surface area (Å²) in [5, 5.41) is 13.2. The second-order valence-corrected chi connectivity index (χ2v) is 7.31. The molecular weight excluding hydrogens is 445 g/mol. The second-order valence-electron chi connectivity index (χ2n) is 6.88. The van der Waals surface area contributed by atoms with Crippen LogP contribution in [0.25, 0.3) is 16.7 Å². The van der Waals surface area contributed by atoms with Crippen molar-refractivity contribution in [3.05, 3.63) is 65.1 Å². The summed E-state index contributed by atoms with van der Waals surface area (Å²) in [6.45, 7) is 1.80. The molecule has 12 heteroatoms. The molecule has 162 valence electrons. The van der Waals surface area contributed by atoms with E-state index in [1.165, 1.54) is 23.3 Å². The van der Waals surface area contributed by atoms with Crippen LogP contribution in [0.4, 0.5) is 19.0 Å². The van der Waals surface area contributed by atoms with Gasteiger partial charge in [0, 0.05) is 23.7 Å². The molecule has 0 radical (unpaired) electrons. The van der Waals surface area contributed by atoms with Gasteiger partial charge in [-0.1, -0.05) is 11.6 Å². The van der Waals surface area contributed by atoms with Gasteiger partial charge >= 0.3 is 6.18 Å². The van der Waals surface area contributed by atoms with Crippen LogP contribution in [0.1, 0.15) is 29.9 Å². The number of pyridine rings is 1. The van der Waals surface area contributed by atoms with Gasteiger partial charge in [-0.05, 0) is 31.2 Å². The van der Waals surface area contributed by atoms with Crippen LogP contribution >= 0.6 is 11.6 Å². The van der Waals surface area contributed by atoms with Gasteiger partial charge in [-0.15, -0.1) is 0 Å². The normalized spacial score (nSPS) is 12.5. The van der Waals surface area contributed by atoms with E-state index in [0.29, 0.717) is 17.2 Å². The predicted octanol–water partition coefficient (Wildman–Crippen LogP) is 4.35. The Labute approximate surface area is 184 Å². The molecule has 0 aliphatic rings. The van der Waals surface area contributed by atoms with E-state index in [1.807, 2.05) is 6.07 Å². The van der Waals surface area contributed by atoms with E-state index < -0.39 is 17.8 Å². The van der Waals surface area contributed by atoms with Crippen LogP contribution in [-0.2, 0) is 6.18 Å². The summed E-state index contributed by atoms with van der Waals surface area (Å²) < 4.78 is 42.1. The minimum Gasteiger partial charge on any atom is -0.349 e. The molecule has 8 nitrogen and oxygen atoms in total. The number of alkyl halides is 3. The van der Waals surface area contributed by atoms with Crippen LogP contribution in [0.5, 0.6) is 0 Å². The fourth-order valence-corrected chi connectivity index (χ4v) is 3.48.